The molecule has 0 saturated carbocycles. The molecule has 0 fully saturated rings. The van der Waals surface area contributed by atoms with E-state index in [9.17, 15) is 0 Å². The van der Waals surface area contributed by atoms with E-state index in [2.05, 4.69) is 27.0 Å². The maximum atomic E-state index is 6.14. The summed E-state index contributed by atoms with van der Waals surface area (Å²) in [5, 5.41) is 2.74. The van der Waals surface area contributed by atoms with E-state index in [1.54, 1.807) is 0 Å². The first kappa shape index (κ1) is 11.1. The van der Waals surface area contributed by atoms with E-state index < -0.39 is 0 Å². The molecule has 14 heavy (non-hydrogen) atoms. The molecule has 0 amide bonds. The summed E-state index contributed by atoms with van der Waals surface area (Å²) in [6.07, 6.45) is 1.86. The first-order valence-electron chi connectivity index (χ1n) is 4.68. The van der Waals surface area contributed by atoms with Gasteiger partial charge < -0.3 is 0 Å². The topological polar surface area (TPSA) is 0 Å². The van der Waals surface area contributed by atoms with Crippen molar-refractivity contribution in [2.24, 2.45) is 5.92 Å². The van der Waals surface area contributed by atoms with Crippen molar-refractivity contribution in [2.75, 3.05) is 0 Å². The molecule has 0 nitrogen and oxygen atoms in total. The molecule has 1 heteroatoms. The van der Waals surface area contributed by atoms with Gasteiger partial charge in [-0.2, -0.15) is 0 Å². The normalized spacial score (nSPS) is 12.9. The van der Waals surface area contributed by atoms with Crippen LogP contribution in [0.2, 0.25) is 5.02 Å². The summed E-state index contributed by atoms with van der Waals surface area (Å²) in [5.74, 6) is 0.410. The van der Waals surface area contributed by atoms with Gasteiger partial charge in [0.1, 0.15) is 0 Å². The Morgan fingerprint density at radius 2 is 2.07 bits per heavy atom. The van der Waals surface area contributed by atoms with Gasteiger partial charge in [-0.3, -0.25) is 0 Å². The molecule has 0 radical (unpaired) electrons. The third-order valence-electron chi connectivity index (χ3n) is 2.23. The van der Waals surface area contributed by atoms with Gasteiger partial charge in [-0.05, 0) is 22.8 Å². The number of allylic oxidation sites excluding steroid dienone is 1. The predicted molar refractivity (Wildman–Crippen MR) is 64.7 cm³/mol. The van der Waals surface area contributed by atoms with Crippen molar-refractivity contribution in [3.05, 3.63) is 46.3 Å². The van der Waals surface area contributed by atoms with Gasteiger partial charge >= 0.3 is 0 Å². The average molecular weight is 207 g/mol. The summed E-state index contributed by atoms with van der Waals surface area (Å²) in [7, 11) is 0. The van der Waals surface area contributed by atoms with E-state index in [1.165, 1.54) is 0 Å². The molecular formula is C13H15Cl. The average Bonchev–Trinajstić information content (AvgIpc) is 2.10. The fourth-order valence-corrected chi connectivity index (χ4v) is 1.82. The van der Waals surface area contributed by atoms with E-state index >= 15 is 0 Å². The highest BCUT2D eigenvalue weighted by Crippen LogP contribution is 2.11. The molecule has 0 aromatic heterocycles. The number of hydrogen-bond acceptors (Lipinski definition) is 0. The quantitative estimate of drug-likeness (QED) is 0.698. The van der Waals surface area contributed by atoms with Crippen LogP contribution in [0.3, 0.4) is 0 Å². The Morgan fingerprint density at radius 1 is 1.43 bits per heavy atom. The smallest absolute Gasteiger partial charge is 0.0487 e. The van der Waals surface area contributed by atoms with Crippen LogP contribution < -0.4 is 10.4 Å². The Balaban J connectivity index is 3.72. The monoisotopic (exact) mass is 206 g/mol. The molecule has 0 aliphatic carbocycles. The summed E-state index contributed by atoms with van der Waals surface area (Å²) < 4.78 is 0. The molecule has 0 N–H and O–H groups in total. The number of rotatable bonds is 2. The Kier molecular flexibility index (Phi) is 3.54. The molecule has 1 aromatic rings. The molecular weight excluding hydrogens is 192 g/mol. The second-order valence-electron chi connectivity index (χ2n) is 3.59. The van der Waals surface area contributed by atoms with Crippen molar-refractivity contribution >= 4 is 23.8 Å². The lowest BCUT2D eigenvalue weighted by Crippen LogP contribution is -2.27. The Bertz CT molecular complexity index is 441. The molecule has 0 heterocycles. The van der Waals surface area contributed by atoms with Gasteiger partial charge in [-0.15, -0.1) is 0 Å². The Labute approximate surface area is 90.2 Å². The van der Waals surface area contributed by atoms with Crippen molar-refractivity contribution in [3.8, 4) is 0 Å². The van der Waals surface area contributed by atoms with Crippen molar-refractivity contribution in [3.63, 3.8) is 0 Å². The Hall–Kier alpha value is -1.01. The molecule has 1 aromatic carbocycles. The lowest BCUT2D eigenvalue weighted by molar-refractivity contribution is 0.855. The van der Waals surface area contributed by atoms with E-state index in [1.807, 2.05) is 24.3 Å². The van der Waals surface area contributed by atoms with Crippen molar-refractivity contribution in [2.45, 2.75) is 13.8 Å². The second-order valence-corrected chi connectivity index (χ2v) is 4.00. The van der Waals surface area contributed by atoms with Crippen LogP contribution in [-0.2, 0) is 0 Å². The van der Waals surface area contributed by atoms with Crippen LogP contribution in [0.1, 0.15) is 13.8 Å². The van der Waals surface area contributed by atoms with Crippen molar-refractivity contribution in [1.29, 1.82) is 0 Å². The van der Waals surface area contributed by atoms with Crippen molar-refractivity contribution < 1.29 is 0 Å². The maximum absolute atomic E-state index is 6.14. The third-order valence-corrected chi connectivity index (χ3v) is 2.55. The molecule has 74 valence electrons. The van der Waals surface area contributed by atoms with Crippen LogP contribution in [0.25, 0.3) is 12.2 Å². The van der Waals surface area contributed by atoms with E-state index in [0.717, 1.165) is 21.0 Å². The van der Waals surface area contributed by atoms with Gasteiger partial charge in [0.15, 0.2) is 0 Å². The van der Waals surface area contributed by atoms with Crippen LogP contribution >= 0.6 is 11.6 Å². The largest absolute Gasteiger partial charge is 0.0988 e. The minimum atomic E-state index is 0.410. The van der Waals surface area contributed by atoms with Crippen molar-refractivity contribution in [1.82, 2.24) is 0 Å². The third kappa shape index (κ3) is 2.08. The molecule has 0 aliphatic rings. The fourth-order valence-electron chi connectivity index (χ4n) is 1.52. The zero-order chi connectivity index (χ0) is 10.7. The van der Waals surface area contributed by atoms with Gasteiger partial charge in [0.05, 0.1) is 0 Å². The first-order chi connectivity index (χ1) is 6.57. The highest BCUT2D eigenvalue weighted by atomic mass is 35.5. The molecule has 0 unspecified atom stereocenters. The van der Waals surface area contributed by atoms with E-state index in [4.69, 9.17) is 11.6 Å². The molecule has 0 aliphatic heterocycles. The first-order valence-corrected chi connectivity index (χ1v) is 5.05. The number of benzene rings is 1. The lowest BCUT2D eigenvalue weighted by atomic mass is 9.99. The van der Waals surface area contributed by atoms with Crippen LogP contribution in [-0.4, -0.2) is 0 Å². The van der Waals surface area contributed by atoms with Crippen LogP contribution in [0.4, 0.5) is 0 Å². The van der Waals surface area contributed by atoms with Crippen LogP contribution in [0.5, 0.6) is 0 Å². The van der Waals surface area contributed by atoms with Gasteiger partial charge in [-0.25, -0.2) is 0 Å². The summed E-state index contributed by atoms with van der Waals surface area (Å²) in [6, 6.07) is 5.76. The molecule has 0 bridgehead atoms. The summed E-state index contributed by atoms with van der Waals surface area (Å²) in [4.78, 5) is 0. The van der Waals surface area contributed by atoms with Gasteiger partial charge in [-0.1, -0.05) is 56.8 Å². The van der Waals surface area contributed by atoms with Gasteiger partial charge in [0.25, 0.3) is 0 Å². The molecule has 0 spiro atoms. The molecule has 1 rings (SSSR count). The summed E-state index contributed by atoms with van der Waals surface area (Å²) in [5.41, 5.74) is 1.15. The van der Waals surface area contributed by atoms with Crippen LogP contribution in [0.15, 0.2) is 30.9 Å². The zero-order valence-electron chi connectivity index (χ0n) is 8.68. The molecule has 0 atom stereocenters. The number of halogens is 1. The predicted octanol–water partition coefficient (Wildman–Crippen LogP) is 2.74. The number of hydrogen-bond donors (Lipinski definition) is 0. The Morgan fingerprint density at radius 3 is 2.50 bits per heavy atom. The maximum Gasteiger partial charge on any atom is 0.0487 e. The minimum absolute atomic E-state index is 0.410. The van der Waals surface area contributed by atoms with E-state index in [-0.39, 0.29) is 0 Å². The zero-order valence-corrected chi connectivity index (χ0v) is 9.43. The molecule has 0 saturated heterocycles. The van der Waals surface area contributed by atoms with Crippen LogP contribution in [0, 0.1) is 5.92 Å². The van der Waals surface area contributed by atoms with Gasteiger partial charge in [0, 0.05) is 10.2 Å². The summed E-state index contributed by atoms with van der Waals surface area (Å²) >= 11 is 6.14. The summed E-state index contributed by atoms with van der Waals surface area (Å²) in [6.45, 7) is 12.0. The fraction of sp³-hybridized carbons (Fsp3) is 0.231. The highest BCUT2D eigenvalue weighted by molar-refractivity contribution is 6.30. The minimum Gasteiger partial charge on any atom is -0.0988 e. The lowest BCUT2D eigenvalue weighted by Gasteiger charge is -2.07. The van der Waals surface area contributed by atoms with Gasteiger partial charge in [0.2, 0.25) is 0 Å². The highest BCUT2D eigenvalue weighted by Gasteiger charge is 2.02. The van der Waals surface area contributed by atoms with E-state index in [0.29, 0.717) is 5.92 Å². The standard InChI is InChI=1S/C13H15Cl/c1-5-11(9(2)3)13-10(4)7-6-8-12(13)14/h5-9H,1,4H2,2-3H3/b13-11-. The SMILES string of the molecule is C=C/C(=c1/c(Cl)cccc1=C)C(C)C. The second kappa shape index (κ2) is 4.47.